The quantitative estimate of drug-likeness (QED) is 0.0514. The van der Waals surface area contributed by atoms with Gasteiger partial charge in [-0.1, -0.05) is 23.7 Å². The van der Waals surface area contributed by atoms with Crippen molar-refractivity contribution in [3.8, 4) is 22.8 Å². The molecule has 0 bridgehead atoms. The molecule has 14 heteroatoms. The lowest BCUT2D eigenvalue weighted by Gasteiger charge is -2.14. The SMILES string of the molecule is CNO.CS(=O)CCNCc1ccc(-c2cc3c(Nc4ccc(OCc5cccc(F)c5)c(Cl)c4)ncnc3cc2OCCCC=O)o1. The van der Waals surface area contributed by atoms with Crippen LogP contribution in [-0.2, 0) is 28.7 Å². The van der Waals surface area contributed by atoms with Crippen LogP contribution in [0.5, 0.6) is 11.5 Å². The van der Waals surface area contributed by atoms with Gasteiger partial charge in [0, 0.05) is 60.0 Å². The zero-order chi connectivity index (χ0) is 34.3. The number of hydroxylamine groups is 1. The highest BCUT2D eigenvalue weighted by Gasteiger charge is 2.17. The van der Waals surface area contributed by atoms with E-state index in [1.165, 1.54) is 25.5 Å². The summed E-state index contributed by atoms with van der Waals surface area (Å²) in [4.78, 5) is 19.8. The van der Waals surface area contributed by atoms with E-state index >= 15 is 0 Å². The van der Waals surface area contributed by atoms with Crippen molar-refractivity contribution in [1.82, 2.24) is 20.8 Å². The normalized spacial score (nSPS) is 11.4. The number of unbranched alkanes of at least 4 members (excludes halogenated alkanes) is 1. The fourth-order valence-electron chi connectivity index (χ4n) is 4.51. The molecular weight excluding hydrogens is 661 g/mol. The van der Waals surface area contributed by atoms with Crippen LogP contribution in [0.3, 0.4) is 0 Å². The number of ether oxygens (including phenoxy) is 2. The maximum atomic E-state index is 13.5. The molecule has 0 radical (unpaired) electrons. The third-order valence-electron chi connectivity index (χ3n) is 6.73. The van der Waals surface area contributed by atoms with Crippen molar-refractivity contribution in [2.24, 2.45) is 0 Å². The van der Waals surface area contributed by atoms with Crippen molar-refractivity contribution in [3.63, 3.8) is 0 Å². The zero-order valence-electron chi connectivity index (χ0n) is 26.5. The summed E-state index contributed by atoms with van der Waals surface area (Å²) in [5, 5.41) is 15.0. The van der Waals surface area contributed by atoms with Crippen molar-refractivity contribution in [2.75, 3.05) is 37.5 Å². The molecule has 0 fully saturated rings. The van der Waals surface area contributed by atoms with Gasteiger partial charge in [-0.2, -0.15) is 0 Å². The van der Waals surface area contributed by atoms with Crippen LogP contribution in [0.15, 0.2) is 77.5 Å². The summed E-state index contributed by atoms with van der Waals surface area (Å²) in [6.07, 6.45) is 4.97. The number of anilines is 2. The lowest BCUT2D eigenvalue weighted by molar-refractivity contribution is -0.108. The van der Waals surface area contributed by atoms with E-state index in [9.17, 15) is 13.4 Å². The van der Waals surface area contributed by atoms with E-state index in [1.54, 1.807) is 36.0 Å². The zero-order valence-corrected chi connectivity index (χ0v) is 28.1. The van der Waals surface area contributed by atoms with E-state index in [4.69, 9.17) is 30.7 Å². The van der Waals surface area contributed by atoms with Crippen LogP contribution in [0.2, 0.25) is 5.02 Å². The molecule has 5 aromatic rings. The Bertz CT molecular complexity index is 1820. The number of benzene rings is 3. The molecule has 2 aromatic heterocycles. The van der Waals surface area contributed by atoms with Crippen LogP contribution in [0.4, 0.5) is 15.9 Å². The molecule has 5 rings (SSSR count). The fraction of sp³-hybridized carbons (Fsp3) is 0.265. The highest BCUT2D eigenvalue weighted by molar-refractivity contribution is 7.84. The first-order chi connectivity index (χ1) is 23.3. The van der Waals surface area contributed by atoms with E-state index in [0.29, 0.717) is 88.7 Å². The van der Waals surface area contributed by atoms with Gasteiger partial charge >= 0.3 is 0 Å². The van der Waals surface area contributed by atoms with E-state index in [2.05, 4.69) is 20.6 Å². The molecule has 1 atom stereocenters. The Balaban J connectivity index is 0.00000167. The summed E-state index contributed by atoms with van der Waals surface area (Å²) in [5.74, 6) is 3.11. The molecule has 0 spiro atoms. The number of aromatic nitrogens is 2. The molecule has 11 nitrogen and oxygen atoms in total. The topological polar surface area (TPSA) is 148 Å². The van der Waals surface area contributed by atoms with Crippen molar-refractivity contribution >= 4 is 51.1 Å². The van der Waals surface area contributed by atoms with Gasteiger partial charge in [-0.15, -0.1) is 0 Å². The van der Waals surface area contributed by atoms with Crippen LogP contribution in [0.1, 0.15) is 24.2 Å². The van der Waals surface area contributed by atoms with Crippen molar-refractivity contribution in [3.05, 3.63) is 95.2 Å². The van der Waals surface area contributed by atoms with Crippen molar-refractivity contribution in [1.29, 1.82) is 0 Å². The van der Waals surface area contributed by atoms with Crippen LogP contribution in [-0.4, -0.2) is 57.9 Å². The van der Waals surface area contributed by atoms with E-state index in [1.807, 2.05) is 30.3 Å². The summed E-state index contributed by atoms with van der Waals surface area (Å²) in [6, 6.07) is 19.0. The molecule has 48 heavy (non-hydrogen) atoms. The average molecular weight is 698 g/mol. The number of fused-ring (bicyclic) bond motifs is 1. The Morgan fingerprint density at radius 3 is 2.65 bits per heavy atom. The number of nitrogens with one attached hydrogen (secondary N) is 3. The molecule has 0 saturated carbocycles. The number of carbonyl (C=O) groups excluding carboxylic acids is 1. The second-order valence-corrected chi connectivity index (χ2v) is 12.3. The Hall–Kier alpha value is -4.40. The molecule has 254 valence electrons. The number of rotatable bonds is 16. The van der Waals surface area contributed by atoms with Gasteiger partial charge in [-0.25, -0.2) is 19.8 Å². The largest absolute Gasteiger partial charge is 0.493 e. The molecule has 4 N–H and O–H groups in total. The fourth-order valence-corrected chi connectivity index (χ4v) is 5.18. The van der Waals surface area contributed by atoms with Gasteiger partial charge in [0.1, 0.15) is 53.9 Å². The summed E-state index contributed by atoms with van der Waals surface area (Å²) in [6.45, 7) is 1.62. The Labute approximate surface area is 285 Å². The summed E-state index contributed by atoms with van der Waals surface area (Å²) < 4.78 is 42.9. The smallest absolute Gasteiger partial charge is 0.141 e. The first-order valence-electron chi connectivity index (χ1n) is 15.0. The van der Waals surface area contributed by atoms with Gasteiger partial charge in [-0.3, -0.25) is 4.21 Å². The number of hydrogen-bond donors (Lipinski definition) is 4. The molecule has 1 unspecified atom stereocenters. The number of furan rings is 1. The van der Waals surface area contributed by atoms with Gasteiger partial charge in [0.15, 0.2) is 0 Å². The number of hydrogen-bond acceptors (Lipinski definition) is 11. The Kier molecular flexibility index (Phi) is 14.3. The summed E-state index contributed by atoms with van der Waals surface area (Å²) in [7, 11) is 0.558. The first kappa shape index (κ1) is 36.4. The maximum Gasteiger partial charge on any atom is 0.141 e. The first-order valence-corrected chi connectivity index (χ1v) is 17.1. The lowest BCUT2D eigenvalue weighted by atomic mass is 10.1. The molecule has 2 heterocycles. The van der Waals surface area contributed by atoms with Crippen LogP contribution < -0.4 is 25.6 Å². The maximum absolute atomic E-state index is 13.5. The molecule has 3 aromatic carbocycles. The molecule has 0 aliphatic rings. The van der Waals surface area contributed by atoms with E-state index < -0.39 is 10.8 Å². The molecule has 0 aliphatic heterocycles. The third-order valence-corrected chi connectivity index (χ3v) is 7.81. The Morgan fingerprint density at radius 2 is 1.90 bits per heavy atom. The minimum absolute atomic E-state index is 0.174. The minimum Gasteiger partial charge on any atom is -0.493 e. The number of carbonyl (C=O) groups is 1. The van der Waals surface area contributed by atoms with Gasteiger partial charge in [-0.05, 0) is 60.5 Å². The van der Waals surface area contributed by atoms with Gasteiger partial charge in [0.25, 0.3) is 0 Å². The second kappa shape index (κ2) is 18.8. The average Bonchev–Trinajstić information content (AvgIpc) is 3.54. The van der Waals surface area contributed by atoms with Crippen LogP contribution in [0, 0.1) is 5.82 Å². The minimum atomic E-state index is -0.873. The van der Waals surface area contributed by atoms with Gasteiger partial charge in [0.2, 0.25) is 0 Å². The summed E-state index contributed by atoms with van der Waals surface area (Å²) in [5.41, 5.74) is 4.46. The number of nitrogens with zero attached hydrogens (tertiary/aromatic N) is 2. The standard InChI is InChI=1S/C33H32ClFN4O5S.CH5NO/c1-45(41)14-11-36-19-25-8-10-30(44-25)27-17-26-29(18-32(27)42-13-3-2-12-40)37-21-38-33(26)39-24-7-9-31(28(34)16-24)43-20-22-5-4-6-23(35)15-22;1-2-3/h4-10,12,15-18,21,36H,2-3,11,13-14,19-20H2,1H3,(H,37,38,39);2-3H,1H3. The summed E-state index contributed by atoms with van der Waals surface area (Å²) >= 11 is 6.53. The monoisotopic (exact) mass is 697 g/mol. The third kappa shape index (κ3) is 10.8. The highest BCUT2D eigenvalue weighted by atomic mass is 35.5. The lowest BCUT2D eigenvalue weighted by Crippen LogP contribution is -2.19. The van der Waals surface area contributed by atoms with Crippen LogP contribution >= 0.6 is 11.6 Å². The predicted octanol–water partition coefficient (Wildman–Crippen LogP) is 6.43. The van der Waals surface area contributed by atoms with Gasteiger partial charge < -0.3 is 34.5 Å². The van der Waals surface area contributed by atoms with E-state index in [0.717, 1.165) is 17.4 Å². The molecule has 0 saturated heterocycles. The van der Waals surface area contributed by atoms with Crippen molar-refractivity contribution in [2.45, 2.75) is 26.0 Å². The predicted molar refractivity (Wildman–Crippen MR) is 185 cm³/mol. The van der Waals surface area contributed by atoms with Gasteiger partial charge in [0.05, 0.1) is 29.3 Å². The second-order valence-electron chi connectivity index (χ2n) is 10.4. The number of halogens is 2. The number of aldehydes is 1. The van der Waals surface area contributed by atoms with E-state index in [-0.39, 0.29) is 12.4 Å². The highest BCUT2D eigenvalue weighted by Crippen LogP contribution is 2.38. The molecule has 0 amide bonds. The van der Waals surface area contributed by atoms with Crippen LogP contribution in [0.25, 0.3) is 22.2 Å². The molecule has 0 aliphatic carbocycles. The Morgan fingerprint density at radius 1 is 1.06 bits per heavy atom. The van der Waals surface area contributed by atoms with Crippen molar-refractivity contribution < 1.29 is 32.5 Å². The molecular formula is C34H37ClFN5O6S.